The van der Waals surface area contributed by atoms with Gasteiger partial charge in [-0.2, -0.15) is 0 Å². The molecule has 98 valence electrons. The van der Waals surface area contributed by atoms with Crippen LogP contribution in [0.25, 0.3) is 0 Å². The van der Waals surface area contributed by atoms with Crippen molar-refractivity contribution in [2.24, 2.45) is 5.73 Å². The average molecular weight is 251 g/mol. The smallest absolute Gasteiger partial charge is 0.326 e. The number of carboxylic acids is 1. The summed E-state index contributed by atoms with van der Waals surface area (Å²) >= 11 is 0. The Morgan fingerprint density at radius 2 is 2.17 bits per heavy atom. The Hall–Kier alpha value is -1.95. The molecule has 0 aromatic carbocycles. The summed E-state index contributed by atoms with van der Waals surface area (Å²) in [5.74, 6) is -1.52. The zero-order valence-electron chi connectivity index (χ0n) is 10.0. The molecule has 0 saturated heterocycles. The molecule has 1 aromatic heterocycles. The number of nitrogens with zero attached hydrogens (tertiary/aromatic N) is 1. The lowest BCUT2D eigenvalue weighted by atomic mass is 10.1. The fourth-order valence-electron chi connectivity index (χ4n) is 1.48. The molecule has 0 aliphatic carbocycles. The maximum Gasteiger partial charge on any atom is 0.326 e. The Labute approximate surface area is 105 Å². The summed E-state index contributed by atoms with van der Waals surface area (Å²) < 4.78 is 0. The topological polar surface area (TPSA) is 105 Å². The molecule has 1 heterocycles. The number of hydrogen-bond donors (Lipinski definition) is 3. The highest BCUT2D eigenvalue weighted by atomic mass is 16.4. The summed E-state index contributed by atoms with van der Waals surface area (Å²) in [5.41, 5.74) is 5.55. The van der Waals surface area contributed by atoms with Gasteiger partial charge in [0.15, 0.2) is 0 Å². The lowest BCUT2D eigenvalue weighted by molar-refractivity contribution is -0.139. The Balaban J connectivity index is 2.55. The third-order valence-corrected chi connectivity index (χ3v) is 2.45. The van der Waals surface area contributed by atoms with Crippen LogP contribution in [0.3, 0.4) is 0 Å². The van der Waals surface area contributed by atoms with Gasteiger partial charge in [-0.1, -0.05) is 6.07 Å². The van der Waals surface area contributed by atoms with E-state index in [9.17, 15) is 9.59 Å². The summed E-state index contributed by atoms with van der Waals surface area (Å²) in [5, 5.41) is 11.5. The lowest BCUT2D eigenvalue weighted by Gasteiger charge is -2.13. The minimum atomic E-state index is -1.05. The van der Waals surface area contributed by atoms with Crippen LogP contribution in [0.15, 0.2) is 24.4 Å². The summed E-state index contributed by atoms with van der Waals surface area (Å²) in [7, 11) is 0. The van der Waals surface area contributed by atoms with E-state index in [1.165, 1.54) is 12.3 Å². The number of aromatic nitrogens is 1. The first-order valence-corrected chi connectivity index (χ1v) is 5.80. The highest BCUT2D eigenvalue weighted by molar-refractivity contribution is 5.94. The van der Waals surface area contributed by atoms with Gasteiger partial charge in [0.1, 0.15) is 11.7 Å². The van der Waals surface area contributed by atoms with E-state index in [1.807, 2.05) is 0 Å². The van der Waals surface area contributed by atoms with E-state index in [1.54, 1.807) is 12.1 Å². The number of hydrogen-bond acceptors (Lipinski definition) is 4. The van der Waals surface area contributed by atoms with E-state index in [-0.39, 0.29) is 5.69 Å². The highest BCUT2D eigenvalue weighted by Gasteiger charge is 2.20. The van der Waals surface area contributed by atoms with Gasteiger partial charge in [-0.3, -0.25) is 9.78 Å². The number of rotatable bonds is 7. The number of carboxylic acid groups (broad SMARTS) is 1. The van der Waals surface area contributed by atoms with Crippen molar-refractivity contribution in [2.45, 2.75) is 25.3 Å². The molecule has 1 unspecified atom stereocenters. The standard InChI is InChI=1S/C12H17N3O3/c13-7-3-1-6-10(12(17)18)15-11(16)9-5-2-4-8-14-9/h2,4-5,8,10H,1,3,6-7,13H2,(H,15,16)(H,17,18). The fourth-order valence-corrected chi connectivity index (χ4v) is 1.48. The van der Waals surface area contributed by atoms with Gasteiger partial charge < -0.3 is 16.2 Å². The third-order valence-electron chi connectivity index (χ3n) is 2.45. The van der Waals surface area contributed by atoms with Gasteiger partial charge in [-0.15, -0.1) is 0 Å². The van der Waals surface area contributed by atoms with Crippen molar-refractivity contribution in [3.05, 3.63) is 30.1 Å². The van der Waals surface area contributed by atoms with Gasteiger partial charge >= 0.3 is 5.97 Å². The predicted octanol–water partition coefficient (Wildman–Crippen LogP) is 0.394. The van der Waals surface area contributed by atoms with Gasteiger partial charge in [0.25, 0.3) is 5.91 Å². The molecule has 1 aromatic rings. The molecule has 1 rings (SSSR count). The third kappa shape index (κ3) is 4.50. The molecular weight excluding hydrogens is 234 g/mol. The monoisotopic (exact) mass is 251 g/mol. The number of aliphatic carboxylic acids is 1. The van der Waals surface area contributed by atoms with Crippen LogP contribution in [0.2, 0.25) is 0 Å². The summed E-state index contributed by atoms with van der Waals surface area (Å²) in [4.78, 5) is 26.6. The van der Waals surface area contributed by atoms with Gasteiger partial charge in [-0.05, 0) is 37.9 Å². The van der Waals surface area contributed by atoms with Crippen LogP contribution in [0.1, 0.15) is 29.8 Å². The summed E-state index contributed by atoms with van der Waals surface area (Å²) in [6, 6.07) is 4.00. The lowest BCUT2D eigenvalue weighted by Crippen LogP contribution is -2.41. The fraction of sp³-hybridized carbons (Fsp3) is 0.417. The van der Waals surface area contributed by atoms with Crippen molar-refractivity contribution in [1.29, 1.82) is 0 Å². The van der Waals surface area contributed by atoms with E-state index in [0.29, 0.717) is 19.4 Å². The minimum absolute atomic E-state index is 0.211. The maximum absolute atomic E-state index is 11.7. The van der Waals surface area contributed by atoms with Gasteiger partial charge in [-0.25, -0.2) is 4.79 Å². The molecular formula is C12H17N3O3. The molecule has 0 radical (unpaired) electrons. The van der Waals surface area contributed by atoms with Crippen LogP contribution in [0, 0.1) is 0 Å². The van der Waals surface area contributed by atoms with Crippen molar-refractivity contribution in [2.75, 3.05) is 6.54 Å². The van der Waals surface area contributed by atoms with Crippen LogP contribution in [0.4, 0.5) is 0 Å². The van der Waals surface area contributed by atoms with E-state index >= 15 is 0 Å². The zero-order valence-corrected chi connectivity index (χ0v) is 10.0. The summed E-state index contributed by atoms with van der Waals surface area (Å²) in [6.07, 6.45) is 3.25. The van der Waals surface area contributed by atoms with Crippen LogP contribution in [-0.4, -0.2) is 34.6 Å². The largest absolute Gasteiger partial charge is 0.480 e. The first-order valence-electron chi connectivity index (χ1n) is 5.80. The van der Waals surface area contributed by atoms with Crippen LogP contribution in [0.5, 0.6) is 0 Å². The molecule has 1 amide bonds. The van der Waals surface area contributed by atoms with Crippen LogP contribution < -0.4 is 11.1 Å². The molecule has 0 bridgehead atoms. The van der Waals surface area contributed by atoms with E-state index in [4.69, 9.17) is 10.8 Å². The Morgan fingerprint density at radius 1 is 1.39 bits per heavy atom. The molecule has 6 nitrogen and oxygen atoms in total. The number of pyridine rings is 1. The van der Waals surface area contributed by atoms with Crippen LogP contribution in [-0.2, 0) is 4.79 Å². The van der Waals surface area contributed by atoms with E-state index in [0.717, 1.165) is 6.42 Å². The number of amides is 1. The summed E-state index contributed by atoms with van der Waals surface area (Å²) in [6.45, 7) is 0.514. The molecule has 6 heteroatoms. The second kappa shape index (κ2) is 7.39. The van der Waals surface area contributed by atoms with E-state index in [2.05, 4.69) is 10.3 Å². The van der Waals surface area contributed by atoms with Crippen molar-refractivity contribution in [3.63, 3.8) is 0 Å². The molecule has 18 heavy (non-hydrogen) atoms. The normalized spacial score (nSPS) is 11.8. The zero-order chi connectivity index (χ0) is 13.4. The van der Waals surface area contributed by atoms with Crippen molar-refractivity contribution in [3.8, 4) is 0 Å². The molecule has 0 saturated carbocycles. The van der Waals surface area contributed by atoms with Gasteiger partial charge in [0.2, 0.25) is 0 Å². The molecule has 0 fully saturated rings. The first-order chi connectivity index (χ1) is 8.65. The number of carbonyl (C=O) groups is 2. The second-order valence-corrected chi connectivity index (χ2v) is 3.86. The van der Waals surface area contributed by atoms with Gasteiger partial charge in [0, 0.05) is 6.20 Å². The Bertz CT molecular complexity index is 395. The molecule has 1 atom stereocenters. The SMILES string of the molecule is NCCCCC(NC(=O)c1ccccn1)C(=O)O. The Kier molecular flexibility index (Phi) is 5.79. The van der Waals surface area contributed by atoms with Crippen molar-refractivity contribution in [1.82, 2.24) is 10.3 Å². The number of nitrogens with one attached hydrogen (secondary N) is 1. The number of carbonyl (C=O) groups excluding carboxylic acids is 1. The van der Waals surface area contributed by atoms with Gasteiger partial charge in [0.05, 0.1) is 0 Å². The minimum Gasteiger partial charge on any atom is -0.480 e. The quantitative estimate of drug-likeness (QED) is 0.608. The van der Waals surface area contributed by atoms with Crippen molar-refractivity contribution < 1.29 is 14.7 Å². The second-order valence-electron chi connectivity index (χ2n) is 3.86. The van der Waals surface area contributed by atoms with Crippen molar-refractivity contribution >= 4 is 11.9 Å². The molecule has 4 N–H and O–H groups in total. The molecule has 0 spiro atoms. The number of nitrogens with two attached hydrogens (primary N) is 1. The Morgan fingerprint density at radius 3 is 2.72 bits per heavy atom. The number of unbranched alkanes of at least 4 members (excludes halogenated alkanes) is 1. The van der Waals surface area contributed by atoms with Crippen LogP contribution >= 0.6 is 0 Å². The molecule has 0 aliphatic rings. The average Bonchev–Trinajstić information content (AvgIpc) is 2.38. The predicted molar refractivity (Wildman–Crippen MR) is 66.0 cm³/mol. The highest BCUT2D eigenvalue weighted by Crippen LogP contribution is 2.02. The maximum atomic E-state index is 11.7. The van der Waals surface area contributed by atoms with E-state index < -0.39 is 17.9 Å². The first kappa shape index (κ1) is 14.1. The molecule has 0 aliphatic heterocycles.